The molecule has 8 unspecified atom stereocenters. The number of nitrogens with one attached hydrogen (secondary N) is 3. The van der Waals surface area contributed by atoms with E-state index in [2.05, 4.69) is 60.6 Å². The summed E-state index contributed by atoms with van der Waals surface area (Å²) < 4.78 is 63.0. The van der Waals surface area contributed by atoms with Gasteiger partial charge in [0.25, 0.3) is 0 Å². The molecule has 5 heterocycles. The van der Waals surface area contributed by atoms with Gasteiger partial charge in [-0.25, -0.2) is 9.59 Å². The van der Waals surface area contributed by atoms with Crippen molar-refractivity contribution in [2.45, 2.75) is 331 Å². The van der Waals surface area contributed by atoms with Crippen LogP contribution in [0.1, 0.15) is 212 Å². The van der Waals surface area contributed by atoms with E-state index in [1.165, 1.54) is 18.7 Å². The molecule has 2 bridgehead atoms. The lowest BCUT2D eigenvalue weighted by atomic mass is 9.78. The van der Waals surface area contributed by atoms with Gasteiger partial charge >= 0.3 is 24.1 Å². The van der Waals surface area contributed by atoms with Crippen LogP contribution in [0, 0.1) is 47.3 Å². The minimum Gasteiger partial charge on any atom is -0.459 e. The van der Waals surface area contributed by atoms with Crippen LogP contribution < -0.4 is 16.0 Å². The van der Waals surface area contributed by atoms with Crippen LogP contribution in [0.2, 0.25) is 0 Å². The maximum Gasteiger partial charge on any atom is 0.410 e. The van der Waals surface area contributed by atoms with Gasteiger partial charge in [0.05, 0.1) is 60.4 Å². The van der Waals surface area contributed by atoms with Crippen LogP contribution >= 0.6 is 0 Å². The molecule has 26 atom stereocenters. The standard InChI is InChI=1S/C42H75N3O12.C32H59N3O7.CH4/c1-18-31-42(15,51)33(43-37(49)56-39(8,9)10)29(7)45(38(50)57-40(11,12)13)23-24(2)22-41(14,52-20-19-46)34(27(5)32(47)28(6)35(48)54-31)55-36-26(4)30(44(16)17)21-25(3)53-36;1-12-25-32(9,38)27-23(7)34-17-18(2)16-31(8,39-14-13-33-27)28(21(5)26(36)22(6)29(37)41-25)42-30-20(4)24(35(10)11)15-19(3)40-30;/h19,24-31,33-34,36,51H,18,20-23H2,1-17H3,(H,43,49);18-25,27-28,30,33-34,38H,12-17H2,1-11H3;1H4/t24-,25?,26?,27+,28-,29-,30?,31-,33-,34-,36?,41-,42-;18-,19?,20?,21+,22-,23-,24?,25-,27-,28-,30?,31-,32-;/m11./s1. The fourth-order valence-corrected chi connectivity index (χ4v) is 15.9. The Kier molecular flexibility index (Phi) is 33.7. The number of rotatable bonds is 12. The minimum atomic E-state index is -2.01. The van der Waals surface area contributed by atoms with Crippen molar-refractivity contribution in [2.75, 3.05) is 61.0 Å². The molecule has 0 aromatic carbocycles. The Morgan fingerprint density at radius 3 is 1.58 bits per heavy atom. The van der Waals surface area contributed by atoms with Gasteiger partial charge in [0.2, 0.25) is 0 Å². The highest BCUT2D eigenvalue weighted by atomic mass is 16.7. The molecule has 5 aliphatic heterocycles. The third-order valence-corrected chi connectivity index (χ3v) is 21.2. The van der Waals surface area contributed by atoms with E-state index in [0.717, 1.165) is 12.8 Å². The lowest BCUT2D eigenvalue weighted by molar-refractivity contribution is -0.283. The number of Topliss-reactive ketones (excluding diaryl/α,β-unsaturated/α-hetero) is 2. The van der Waals surface area contributed by atoms with Gasteiger partial charge in [0.1, 0.15) is 59.3 Å². The summed E-state index contributed by atoms with van der Waals surface area (Å²) in [6, 6.07) is -2.50. The van der Waals surface area contributed by atoms with E-state index in [-0.39, 0.29) is 87.3 Å². The highest BCUT2D eigenvalue weighted by Gasteiger charge is 2.55. The lowest BCUT2D eigenvalue weighted by Crippen LogP contribution is -2.67. The quantitative estimate of drug-likeness (QED) is 0.0527. The highest BCUT2D eigenvalue weighted by molar-refractivity contribution is 6.00. The number of carbonyl (C=O) groups is 7. The number of carbonyl (C=O) groups excluding carboxylic acids is 7. The van der Waals surface area contributed by atoms with Gasteiger partial charge in [0.15, 0.2) is 24.1 Å². The molecule has 0 saturated carbocycles. The number of fused-ring (bicyclic) bond motifs is 5. The maximum absolute atomic E-state index is 14.5. The number of ether oxygens (including phenoxy) is 10. The average molecular weight is 1430 g/mol. The second-order valence-corrected chi connectivity index (χ2v) is 33.1. The summed E-state index contributed by atoms with van der Waals surface area (Å²) in [6.45, 7) is 44.3. The largest absolute Gasteiger partial charge is 0.459 e. The van der Waals surface area contributed by atoms with Gasteiger partial charge in [0, 0.05) is 54.9 Å². The van der Waals surface area contributed by atoms with Crippen LogP contribution in [-0.4, -0.2) is 247 Å². The van der Waals surface area contributed by atoms with Gasteiger partial charge < -0.3 is 93.0 Å². The number of alkyl carbamates (subject to hydrolysis) is 1. The van der Waals surface area contributed by atoms with Crippen molar-refractivity contribution in [1.82, 2.24) is 30.7 Å². The van der Waals surface area contributed by atoms with Crippen molar-refractivity contribution in [1.29, 1.82) is 0 Å². The number of hydrogen-bond acceptors (Lipinski definition) is 23. The number of cyclic esters (lactones) is 2. The number of nitrogens with zero attached hydrogens (tertiary/aromatic N) is 3. The van der Waals surface area contributed by atoms with Crippen LogP contribution in [0.4, 0.5) is 9.59 Å². The first-order chi connectivity index (χ1) is 45.5. The summed E-state index contributed by atoms with van der Waals surface area (Å²) >= 11 is 0. The van der Waals surface area contributed by atoms with E-state index in [4.69, 9.17) is 47.4 Å². The van der Waals surface area contributed by atoms with Crippen molar-refractivity contribution >= 4 is 42.0 Å². The van der Waals surface area contributed by atoms with Crippen molar-refractivity contribution in [3.8, 4) is 0 Å². The summed E-state index contributed by atoms with van der Waals surface area (Å²) in [5.41, 5.74) is -7.45. The minimum absolute atomic E-state index is 0. The summed E-state index contributed by atoms with van der Waals surface area (Å²) in [5, 5.41) is 34.1. The number of esters is 2. The van der Waals surface area contributed by atoms with E-state index in [1.54, 1.807) is 83.1 Å². The zero-order valence-corrected chi connectivity index (χ0v) is 65.7. The SMILES string of the molecule is C.CC[C@H]1OC(=O)[C@H](C)C(=O)[C@H](C)[C@@H](OC2OC(C)CC(N(C)C)C2C)[C@@]2(C)C[C@@H](C)CN[C@H](C)[C@@H](NCCO2)[C@]1(C)O.CC[C@H]1OC(=O)[C@H](C)C(=O)[C@H](C)[C@@H](OC2OC(C)CC(N(C)C)C2C)[C@](C)(OCC=O)C[C@@H](C)CN(C(=O)OC(C)(C)C)[C@H](C)[C@@H](NC(=O)OC(C)(C)C)[C@]1(C)O. The molecule has 2 amide bonds. The highest BCUT2D eigenvalue weighted by Crippen LogP contribution is 2.42. The molecular formula is C75H138N6O19. The molecule has 5 fully saturated rings. The van der Waals surface area contributed by atoms with Gasteiger partial charge in [-0.3, -0.25) is 19.2 Å². The Morgan fingerprint density at radius 2 is 1.13 bits per heavy atom. The van der Waals surface area contributed by atoms with Gasteiger partial charge in [-0.2, -0.15) is 0 Å². The van der Waals surface area contributed by atoms with Crippen molar-refractivity contribution in [2.24, 2.45) is 47.3 Å². The fraction of sp³-hybridized carbons (Fsp3) is 0.907. The molecule has 100 heavy (non-hydrogen) atoms. The normalized spacial score (nSPS) is 40.6. The second kappa shape index (κ2) is 37.3. The molecule has 0 spiro atoms. The van der Waals surface area contributed by atoms with Crippen molar-refractivity contribution in [3.63, 3.8) is 0 Å². The van der Waals surface area contributed by atoms with Crippen LogP contribution in [0.3, 0.4) is 0 Å². The number of amides is 2. The number of aldehydes is 1. The zero-order chi connectivity index (χ0) is 75.6. The van der Waals surface area contributed by atoms with Crippen LogP contribution in [-0.2, 0) is 71.3 Å². The molecule has 5 aliphatic rings. The third-order valence-electron chi connectivity index (χ3n) is 21.2. The molecule has 0 radical (unpaired) electrons. The Balaban J connectivity index is 0.000000537. The molecule has 0 aromatic rings. The van der Waals surface area contributed by atoms with E-state index in [9.17, 15) is 43.8 Å². The Bertz CT molecular complexity index is 2630. The number of aliphatic hydroxyl groups is 2. The maximum atomic E-state index is 14.5. The summed E-state index contributed by atoms with van der Waals surface area (Å²) in [5.74, 6) is -6.69. The third kappa shape index (κ3) is 23.5. The molecule has 25 heteroatoms. The molecule has 0 aliphatic carbocycles. The predicted molar refractivity (Wildman–Crippen MR) is 383 cm³/mol. The Morgan fingerprint density at radius 1 is 0.670 bits per heavy atom. The van der Waals surface area contributed by atoms with E-state index in [0.29, 0.717) is 38.8 Å². The van der Waals surface area contributed by atoms with Gasteiger partial charge in [-0.15, -0.1) is 0 Å². The molecular weight excluding hydrogens is 1290 g/mol. The zero-order valence-electron chi connectivity index (χ0n) is 65.7. The first kappa shape index (κ1) is 90.2. The molecule has 5 rings (SSSR count). The molecule has 25 nitrogen and oxygen atoms in total. The lowest BCUT2D eigenvalue weighted by Gasteiger charge is -2.48. The average Bonchev–Trinajstić information content (AvgIpc) is 1.18. The fourth-order valence-electron chi connectivity index (χ4n) is 15.9. The summed E-state index contributed by atoms with van der Waals surface area (Å²) in [7, 11) is 8.13. The molecule has 582 valence electrons. The van der Waals surface area contributed by atoms with E-state index >= 15 is 0 Å². The predicted octanol–water partition coefficient (Wildman–Crippen LogP) is 8.91. The van der Waals surface area contributed by atoms with Crippen molar-refractivity contribution in [3.05, 3.63) is 0 Å². The first-order valence-electron chi connectivity index (χ1n) is 36.6. The molecule has 5 saturated heterocycles. The summed E-state index contributed by atoms with van der Waals surface area (Å²) in [4.78, 5) is 101. The van der Waals surface area contributed by atoms with Gasteiger partial charge in [-0.1, -0.05) is 62.8 Å². The Labute approximate surface area is 601 Å². The molecule has 0 aromatic heterocycles. The number of ketones is 2. The van der Waals surface area contributed by atoms with Crippen molar-refractivity contribution < 1.29 is 91.1 Å². The first-order valence-corrected chi connectivity index (χ1v) is 36.6. The summed E-state index contributed by atoms with van der Waals surface area (Å²) in [6.07, 6.45) is -3.35. The Hall–Kier alpha value is -3.99. The number of hydrogen-bond donors (Lipinski definition) is 5. The smallest absolute Gasteiger partial charge is 0.410 e. The van der Waals surface area contributed by atoms with Crippen LogP contribution in [0.25, 0.3) is 0 Å². The van der Waals surface area contributed by atoms with Crippen LogP contribution in [0.15, 0.2) is 0 Å². The van der Waals surface area contributed by atoms with E-state index < -0.39 is 148 Å². The second-order valence-electron chi connectivity index (χ2n) is 33.1. The van der Waals surface area contributed by atoms with Crippen LogP contribution in [0.5, 0.6) is 0 Å². The van der Waals surface area contributed by atoms with E-state index in [1.807, 2.05) is 62.6 Å². The topological polar surface area (TPSA) is 298 Å². The monoisotopic (exact) mass is 1430 g/mol. The molecule has 5 N–H and O–H groups in total. The van der Waals surface area contributed by atoms with Gasteiger partial charge in [-0.05, 0) is 196 Å².